The van der Waals surface area contributed by atoms with Gasteiger partial charge in [-0.1, -0.05) is 0 Å². The van der Waals surface area contributed by atoms with Crippen molar-refractivity contribution in [1.29, 1.82) is 0 Å². The zero-order chi connectivity index (χ0) is 19.6. The Labute approximate surface area is 158 Å². The van der Waals surface area contributed by atoms with Gasteiger partial charge in [0.2, 0.25) is 10.0 Å². The van der Waals surface area contributed by atoms with Crippen LogP contribution in [0.15, 0.2) is 53.4 Å². The highest BCUT2D eigenvalue weighted by molar-refractivity contribution is 7.89. The maximum Gasteiger partial charge on any atom is 0.255 e. The fourth-order valence-electron chi connectivity index (χ4n) is 2.99. The van der Waals surface area contributed by atoms with Crippen LogP contribution in [0.25, 0.3) is 0 Å². The summed E-state index contributed by atoms with van der Waals surface area (Å²) in [6.07, 6.45) is -0.353. The van der Waals surface area contributed by atoms with Crippen LogP contribution < -0.4 is 5.32 Å². The molecule has 1 aliphatic rings. The van der Waals surface area contributed by atoms with Crippen LogP contribution in [0.3, 0.4) is 0 Å². The molecule has 0 unspecified atom stereocenters. The van der Waals surface area contributed by atoms with Crippen molar-refractivity contribution in [2.75, 3.05) is 18.4 Å². The topological polar surface area (TPSA) is 75.7 Å². The predicted octanol–water partition coefficient (Wildman–Crippen LogP) is 2.88. The molecule has 0 bridgehead atoms. The number of morpholine rings is 1. The van der Waals surface area contributed by atoms with E-state index in [1.54, 1.807) is 0 Å². The van der Waals surface area contributed by atoms with E-state index in [4.69, 9.17) is 4.74 Å². The molecule has 2 aromatic rings. The monoisotopic (exact) mass is 392 g/mol. The van der Waals surface area contributed by atoms with Gasteiger partial charge in [-0.25, -0.2) is 12.8 Å². The third-order valence-corrected chi connectivity index (χ3v) is 6.09. The lowest BCUT2D eigenvalue weighted by atomic mass is 10.2. The summed E-state index contributed by atoms with van der Waals surface area (Å²) in [5.41, 5.74) is 0.761. The molecular weight excluding hydrogens is 371 g/mol. The Kier molecular flexibility index (Phi) is 5.59. The van der Waals surface area contributed by atoms with Crippen LogP contribution in [0.1, 0.15) is 24.2 Å². The fourth-order valence-corrected chi connectivity index (χ4v) is 4.58. The van der Waals surface area contributed by atoms with Crippen molar-refractivity contribution < 1.29 is 22.3 Å². The number of sulfonamides is 1. The van der Waals surface area contributed by atoms with E-state index in [0.29, 0.717) is 24.3 Å². The summed E-state index contributed by atoms with van der Waals surface area (Å²) in [7, 11) is -3.65. The second kappa shape index (κ2) is 7.75. The maximum absolute atomic E-state index is 12.9. The molecule has 0 aromatic heterocycles. The summed E-state index contributed by atoms with van der Waals surface area (Å²) < 4.78 is 45.5. The molecular formula is C19H21FN2O4S. The first kappa shape index (κ1) is 19.5. The van der Waals surface area contributed by atoms with Gasteiger partial charge >= 0.3 is 0 Å². The number of halogens is 1. The van der Waals surface area contributed by atoms with E-state index in [1.165, 1.54) is 52.8 Å². The lowest BCUT2D eigenvalue weighted by molar-refractivity contribution is -0.0440. The summed E-state index contributed by atoms with van der Waals surface area (Å²) in [5.74, 6) is -0.798. The number of rotatable bonds is 4. The second-order valence-corrected chi connectivity index (χ2v) is 8.50. The lowest BCUT2D eigenvalue weighted by Crippen LogP contribution is -2.48. The number of nitrogens with zero attached hydrogens (tertiary/aromatic N) is 1. The quantitative estimate of drug-likeness (QED) is 0.868. The number of hydrogen-bond acceptors (Lipinski definition) is 4. The van der Waals surface area contributed by atoms with Gasteiger partial charge in [0.05, 0.1) is 17.1 Å². The second-order valence-electron chi connectivity index (χ2n) is 6.56. The minimum atomic E-state index is -3.65. The molecule has 2 aromatic carbocycles. The molecule has 1 N–H and O–H groups in total. The highest BCUT2D eigenvalue weighted by Gasteiger charge is 2.32. The lowest BCUT2D eigenvalue weighted by Gasteiger charge is -2.34. The van der Waals surface area contributed by atoms with E-state index in [0.717, 1.165) is 0 Å². The van der Waals surface area contributed by atoms with Gasteiger partial charge in [-0.2, -0.15) is 4.31 Å². The van der Waals surface area contributed by atoms with Gasteiger partial charge in [0, 0.05) is 24.3 Å². The van der Waals surface area contributed by atoms with Gasteiger partial charge in [0.15, 0.2) is 0 Å². The van der Waals surface area contributed by atoms with Crippen molar-refractivity contribution >= 4 is 21.6 Å². The number of carbonyl (C=O) groups is 1. The maximum atomic E-state index is 12.9. The van der Waals surface area contributed by atoms with Gasteiger partial charge in [0.25, 0.3) is 5.91 Å². The molecule has 0 spiro atoms. The molecule has 0 aliphatic carbocycles. The first-order chi connectivity index (χ1) is 12.8. The van der Waals surface area contributed by atoms with E-state index >= 15 is 0 Å². The smallest absolute Gasteiger partial charge is 0.255 e. The summed E-state index contributed by atoms with van der Waals surface area (Å²) in [6, 6.07) is 11.1. The van der Waals surface area contributed by atoms with Crippen LogP contribution in [0, 0.1) is 5.82 Å². The van der Waals surface area contributed by atoms with Crippen molar-refractivity contribution in [3.05, 3.63) is 59.9 Å². The Balaban J connectivity index is 1.74. The third-order valence-electron chi connectivity index (χ3n) is 4.24. The molecule has 1 fully saturated rings. The molecule has 1 heterocycles. The SMILES string of the molecule is C[C@@H]1CN(S(=O)(=O)c2ccc(C(=O)Nc3ccc(F)cc3)cc2)C[C@H](C)O1. The van der Waals surface area contributed by atoms with Gasteiger partial charge in [-0.3, -0.25) is 4.79 Å². The molecule has 0 saturated carbocycles. The number of carbonyl (C=O) groups excluding carboxylic acids is 1. The number of hydrogen-bond donors (Lipinski definition) is 1. The van der Waals surface area contributed by atoms with Crippen molar-refractivity contribution in [3.63, 3.8) is 0 Å². The Morgan fingerprint density at radius 1 is 1.04 bits per heavy atom. The molecule has 1 amide bonds. The number of benzene rings is 2. The van der Waals surface area contributed by atoms with E-state index in [-0.39, 0.29) is 17.1 Å². The Morgan fingerprint density at radius 3 is 2.15 bits per heavy atom. The number of anilines is 1. The van der Waals surface area contributed by atoms with E-state index < -0.39 is 21.7 Å². The average molecular weight is 392 g/mol. The van der Waals surface area contributed by atoms with E-state index in [2.05, 4.69) is 5.32 Å². The van der Waals surface area contributed by atoms with Crippen molar-refractivity contribution in [1.82, 2.24) is 4.31 Å². The Morgan fingerprint density at radius 2 is 1.59 bits per heavy atom. The van der Waals surface area contributed by atoms with Gasteiger partial charge in [-0.05, 0) is 62.4 Å². The third kappa shape index (κ3) is 4.52. The van der Waals surface area contributed by atoms with E-state index in [9.17, 15) is 17.6 Å². The molecule has 8 heteroatoms. The first-order valence-corrected chi connectivity index (χ1v) is 10.0. The number of nitrogens with one attached hydrogen (secondary N) is 1. The number of ether oxygens (including phenoxy) is 1. The molecule has 2 atom stereocenters. The predicted molar refractivity (Wildman–Crippen MR) is 99.6 cm³/mol. The Bertz CT molecular complexity index is 904. The van der Waals surface area contributed by atoms with Crippen molar-refractivity contribution in [2.45, 2.75) is 31.0 Å². The highest BCUT2D eigenvalue weighted by atomic mass is 32.2. The molecule has 0 radical (unpaired) electrons. The van der Waals surface area contributed by atoms with Gasteiger partial charge in [-0.15, -0.1) is 0 Å². The minimum Gasteiger partial charge on any atom is -0.373 e. The normalized spacial score (nSPS) is 21.0. The Hall–Kier alpha value is -2.29. The number of amides is 1. The molecule has 3 rings (SSSR count). The molecule has 1 aliphatic heterocycles. The summed E-state index contributed by atoms with van der Waals surface area (Å²) in [6.45, 7) is 4.25. The minimum absolute atomic E-state index is 0.127. The van der Waals surface area contributed by atoms with Crippen LogP contribution >= 0.6 is 0 Å². The van der Waals surface area contributed by atoms with Crippen LogP contribution in [-0.4, -0.2) is 43.9 Å². The van der Waals surface area contributed by atoms with Crippen LogP contribution in [0.5, 0.6) is 0 Å². The summed E-state index contributed by atoms with van der Waals surface area (Å²) >= 11 is 0. The zero-order valence-electron chi connectivity index (χ0n) is 15.1. The summed E-state index contributed by atoms with van der Waals surface area (Å²) in [4.78, 5) is 12.4. The van der Waals surface area contributed by atoms with Crippen LogP contribution in [-0.2, 0) is 14.8 Å². The van der Waals surface area contributed by atoms with Crippen LogP contribution in [0.2, 0.25) is 0 Å². The molecule has 144 valence electrons. The molecule has 1 saturated heterocycles. The van der Waals surface area contributed by atoms with E-state index in [1.807, 2.05) is 13.8 Å². The fraction of sp³-hybridized carbons (Fsp3) is 0.316. The van der Waals surface area contributed by atoms with Gasteiger partial charge in [0.1, 0.15) is 5.82 Å². The van der Waals surface area contributed by atoms with Crippen molar-refractivity contribution in [3.8, 4) is 0 Å². The molecule has 6 nitrogen and oxygen atoms in total. The van der Waals surface area contributed by atoms with Gasteiger partial charge < -0.3 is 10.1 Å². The molecule has 27 heavy (non-hydrogen) atoms. The highest BCUT2D eigenvalue weighted by Crippen LogP contribution is 2.22. The first-order valence-electron chi connectivity index (χ1n) is 8.58. The zero-order valence-corrected chi connectivity index (χ0v) is 15.9. The average Bonchev–Trinajstić information content (AvgIpc) is 2.63. The summed E-state index contributed by atoms with van der Waals surface area (Å²) in [5, 5.41) is 2.64. The van der Waals surface area contributed by atoms with Crippen molar-refractivity contribution in [2.24, 2.45) is 0 Å². The standard InChI is InChI=1S/C19H21FN2O4S/c1-13-11-22(12-14(2)26-13)27(24,25)18-9-3-15(4-10-18)19(23)21-17-7-5-16(20)6-8-17/h3-10,13-14H,11-12H2,1-2H3,(H,21,23)/t13-,14+. The largest absolute Gasteiger partial charge is 0.373 e. The van der Waals surface area contributed by atoms with Crippen LogP contribution in [0.4, 0.5) is 10.1 Å².